The van der Waals surface area contributed by atoms with Gasteiger partial charge in [-0.05, 0) is 72.0 Å². The van der Waals surface area contributed by atoms with Gasteiger partial charge < -0.3 is 15.3 Å². The van der Waals surface area contributed by atoms with Gasteiger partial charge in [0.1, 0.15) is 11.9 Å². The predicted molar refractivity (Wildman–Crippen MR) is 139 cm³/mol. The SMILES string of the molecule is O=C(O)c1cc(NC(=O)C(Cc2ccccc2)N(c2ccccn2)C2CC2)cc(-c2ccncc2)c1. The molecule has 180 valence electrons. The summed E-state index contributed by atoms with van der Waals surface area (Å²) >= 11 is 0. The Bertz CT molecular complexity index is 1340. The second-order valence-corrected chi connectivity index (χ2v) is 8.86. The number of hydrogen-bond donors (Lipinski definition) is 2. The zero-order valence-corrected chi connectivity index (χ0v) is 19.6. The fourth-order valence-corrected chi connectivity index (χ4v) is 4.37. The molecular weight excluding hydrogens is 452 g/mol. The topological polar surface area (TPSA) is 95.4 Å². The summed E-state index contributed by atoms with van der Waals surface area (Å²) in [6.45, 7) is 0. The number of benzene rings is 2. The molecule has 5 rings (SSSR count). The van der Waals surface area contributed by atoms with Crippen LogP contribution in [0.15, 0.2) is 97.5 Å². The van der Waals surface area contributed by atoms with E-state index >= 15 is 0 Å². The van der Waals surface area contributed by atoms with Crippen LogP contribution in [-0.2, 0) is 11.2 Å². The van der Waals surface area contributed by atoms with E-state index in [0.717, 1.165) is 29.8 Å². The van der Waals surface area contributed by atoms with E-state index in [4.69, 9.17) is 0 Å². The van der Waals surface area contributed by atoms with Crippen molar-refractivity contribution in [1.29, 1.82) is 0 Å². The fraction of sp³-hybridized carbons (Fsp3) is 0.172. The van der Waals surface area contributed by atoms with E-state index in [1.54, 1.807) is 42.9 Å². The average Bonchev–Trinajstić information content (AvgIpc) is 3.75. The smallest absolute Gasteiger partial charge is 0.335 e. The van der Waals surface area contributed by atoms with Crippen LogP contribution in [0.5, 0.6) is 0 Å². The third kappa shape index (κ3) is 5.41. The van der Waals surface area contributed by atoms with E-state index in [2.05, 4.69) is 20.2 Å². The monoisotopic (exact) mass is 478 g/mol. The molecule has 7 nitrogen and oxygen atoms in total. The summed E-state index contributed by atoms with van der Waals surface area (Å²) in [6, 6.07) is 23.8. The molecule has 0 aliphatic heterocycles. The quantitative estimate of drug-likeness (QED) is 0.349. The number of carbonyl (C=O) groups is 2. The number of aromatic carboxylic acids is 1. The highest BCUT2D eigenvalue weighted by Gasteiger charge is 2.38. The molecule has 0 bridgehead atoms. The third-order valence-electron chi connectivity index (χ3n) is 6.23. The first-order valence-corrected chi connectivity index (χ1v) is 11.9. The molecule has 4 aromatic rings. The van der Waals surface area contributed by atoms with Crippen LogP contribution in [0.2, 0.25) is 0 Å². The van der Waals surface area contributed by atoms with Crippen LogP contribution in [0.1, 0.15) is 28.8 Å². The van der Waals surface area contributed by atoms with Crippen molar-refractivity contribution in [2.45, 2.75) is 31.3 Å². The molecule has 1 amide bonds. The summed E-state index contributed by atoms with van der Waals surface area (Å²) in [5.74, 6) is -0.511. The van der Waals surface area contributed by atoms with Gasteiger partial charge in [-0.2, -0.15) is 0 Å². The molecule has 1 aliphatic rings. The van der Waals surface area contributed by atoms with Crippen LogP contribution < -0.4 is 10.2 Å². The minimum Gasteiger partial charge on any atom is -0.478 e. The Morgan fingerprint density at radius 2 is 1.67 bits per heavy atom. The second kappa shape index (κ2) is 10.4. The number of aromatic nitrogens is 2. The van der Waals surface area contributed by atoms with Gasteiger partial charge in [0.2, 0.25) is 5.91 Å². The maximum Gasteiger partial charge on any atom is 0.335 e. The molecule has 0 saturated heterocycles. The number of hydrogen-bond acceptors (Lipinski definition) is 5. The van der Waals surface area contributed by atoms with Crippen LogP contribution in [0.3, 0.4) is 0 Å². The van der Waals surface area contributed by atoms with E-state index in [1.165, 1.54) is 6.07 Å². The lowest BCUT2D eigenvalue weighted by Gasteiger charge is -2.32. The van der Waals surface area contributed by atoms with Crippen molar-refractivity contribution in [1.82, 2.24) is 9.97 Å². The average molecular weight is 479 g/mol. The summed E-state index contributed by atoms with van der Waals surface area (Å²) in [5.41, 5.74) is 3.08. The molecule has 1 unspecified atom stereocenters. The molecule has 1 fully saturated rings. The van der Waals surface area contributed by atoms with Crippen molar-refractivity contribution in [3.05, 3.63) is 109 Å². The van der Waals surface area contributed by atoms with Gasteiger partial charge in [0.05, 0.1) is 5.56 Å². The first-order chi connectivity index (χ1) is 17.6. The van der Waals surface area contributed by atoms with Gasteiger partial charge in [-0.1, -0.05) is 36.4 Å². The summed E-state index contributed by atoms with van der Waals surface area (Å²) in [4.78, 5) is 36.4. The van der Waals surface area contributed by atoms with Crippen molar-refractivity contribution in [2.24, 2.45) is 0 Å². The Morgan fingerprint density at radius 1 is 0.917 bits per heavy atom. The lowest BCUT2D eigenvalue weighted by atomic mass is 10.0. The van der Waals surface area contributed by atoms with Gasteiger partial charge in [-0.25, -0.2) is 9.78 Å². The molecule has 2 heterocycles. The van der Waals surface area contributed by atoms with Crippen molar-refractivity contribution >= 4 is 23.4 Å². The zero-order chi connectivity index (χ0) is 24.9. The molecule has 1 atom stereocenters. The Hall–Kier alpha value is -4.52. The molecule has 2 N–H and O–H groups in total. The van der Waals surface area contributed by atoms with Crippen LogP contribution in [0, 0.1) is 0 Å². The highest BCUT2D eigenvalue weighted by molar-refractivity contribution is 5.99. The third-order valence-corrected chi connectivity index (χ3v) is 6.23. The van der Waals surface area contributed by atoms with Crippen molar-refractivity contribution < 1.29 is 14.7 Å². The lowest BCUT2D eigenvalue weighted by Crippen LogP contribution is -2.47. The van der Waals surface area contributed by atoms with Gasteiger partial charge in [0, 0.05) is 36.7 Å². The van der Waals surface area contributed by atoms with Crippen LogP contribution >= 0.6 is 0 Å². The maximum atomic E-state index is 13.9. The van der Waals surface area contributed by atoms with Gasteiger partial charge in [0.15, 0.2) is 0 Å². The van der Waals surface area contributed by atoms with Crippen molar-refractivity contribution in [3.63, 3.8) is 0 Å². The normalized spacial score (nSPS) is 13.6. The number of nitrogens with one attached hydrogen (secondary N) is 1. The number of carboxylic acid groups (broad SMARTS) is 1. The fourth-order valence-electron chi connectivity index (χ4n) is 4.37. The standard InChI is InChI=1S/C29H26N4O3/c34-28(32-24-18-22(17-23(19-24)29(35)36)21-11-14-30-15-12-21)26(16-20-6-2-1-3-7-20)33(25-9-10-25)27-8-4-5-13-31-27/h1-8,11-15,17-19,25-26H,9-10,16H2,(H,32,34)(H,35,36). The lowest BCUT2D eigenvalue weighted by molar-refractivity contribution is -0.117. The molecular formula is C29H26N4O3. The zero-order valence-electron chi connectivity index (χ0n) is 19.6. The molecule has 0 spiro atoms. The number of nitrogens with zero attached hydrogens (tertiary/aromatic N) is 3. The number of rotatable bonds is 9. The summed E-state index contributed by atoms with van der Waals surface area (Å²) in [6.07, 6.45) is 7.52. The van der Waals surface area contributed by atoms with Gasteiger partial charge >= 0.3 is 5.97 Å². The minimum atomic E-state index is -1.06. The molecule has 1 saturated carbocycles. The van der Waals surface area contributed by atoms with Crippen LogP contribution in [0.4, 0.5) is 11.5 Å². The summed E-state index contributed by atoms with van der Waals surface area (Å²) < 4.78 is 0. The largest absolute Gasteiger partial charge is 0.478 e. The van der Waals surface area contributed by atoms with Gasteiger partial charge in [-0.15, -0.1) is 0 Å². The van der Waals surface area contributed by atoms with E-state index < -0.39 is 12.0 Å². The summed E-state index contributed by atoms with van der Waals surface area (Å²) in [5, 5.41) is 12.7. The Morgan fingerprint density at radius 3 is 2.33 bits per heavy atom. The first kappa shape index (κ1) is 23.2. The van der Waals surface area contributed by atoms with Crippen molar-refractivity contribution in [2.75, 3.05) is 10.2 Å². The van der Waals surface area contributed by atoms with E-state index in [1.807, 2.05) is 48.5 Å². The molecule has 2 aromatic carbocycles. The highest BCUT2D eigenvalue weighted by atomic mass is 16.4. The molecule has 0 radical (unpaired) electrons. The number of amides is 1. The van der Waals surface area contributed by atoms with Crippen LogP contribution in [0.25, 0.3) is 11.1 Å². The van der Waals surface area contributed by atoms with Gasteiger partial charge in [-0.3, -0.25) is 9.78 Å². The maximum absolute atomic E-state index is 13.9. The van der Waals surface area contributed by atoms with Gasteiger partial charge in [0.25, 0.3) is 0 Å². The Kier molecular flexibility index (Phi) is 6.71. The highest BCUT2D eigenvalue weighted by Crippen LogP contribution is 2.34. The Labute approximate surface area is 209 Å². The molecule has 7 heteroatoms. The first-order valence-electron chi connectivity index (χ1n) is 11.9. The van der Waals surface area contributed by atoms with E-state index in [9.17, 15) is 14.7 Å². The molecule has 36 heavy (non-hydrogen) atoms. The summed E-state index contributed by atoms with van der Waals surface area (Å²) in [7, 11) is 0. The number of carbonyl (C=O) groups excluding carboxylic acids is 1. The van der Waals surface area contributed by atoms with Crippen LogP contribution in [-0.4, -0.2) is 39.0 Å². The number of pyridine rings is 2. The van der Waals surface area contributed by atoms with E-state index in [-0.39, 0.29) is 17.5 Å². The molecule has 2 aromatic heterocycles. The number of anilines is 2. The Balaban J connectivity index is 1.50. The second-order valence-electron chi connectivity index (χ2n) is 8.86. The predicted octanol–water partition coefficient (Wildman–Crippen LogP) is 5.06. The number of carboxylic acids is 1. The minimum absolute atomic E-state index is 0.1000. The van der Waals surface area contributed by atoms with E-state index in [0.29, 0.717) is 17.7 Å². The molecule has 1 aliphatic carbocycles. The van der Waals surface area contributed by atoms with Crippen molar-refractivity contribution in [3.8, 4) is 11.1 Å².